The summed E-state index contributed by atoms with van der Waals surface area (Å²) in [5.41, 5.74) is 5.20. The minimum Gasteiger partial charge on any atom is -0.368 e. The van der Waals surface area contributed by atoms with Crippen molar-refractivity contribution in [1.29, 1.82) is 0 Å². The number of benzene rings is 2. The molecule has 0 bridgehead atoms. The fourth-order valence-corrected chi connectivity index (χ4v) is 6.32. The van der Waals surface area contributed by atoms with Crippen LogP contribution in [0.15, 0.2) is 42.5 Å². The van der Waals surface area contributed by atoms with Gasteiger partial charge in [0.25, 0.3) is 0 Å². The molecule has 0 N–H and O–H groups in total. The summed E-state index contributed by atoms with van der Waals surface area (Å²) in [6.07, 6.45) is 1.66. The number of nitrogens with zero attached hydrogens (tertiary/aromatic N) is 4. The van der Waals surface area contributed by atoms with E-state index in [4.69, 9.17) is 0 Å². The Morgan fingerprint density at radius 1 is 0.971 bits per heavy atom. The number of hydrogen-bond acceptors (Lipinski definition) is 4. The van der Waals surface area contributed by atoms with Gasteiger partial charge in [-0.2, -0.15) is 12.7 Å². The Kier molecular flexibility index (Phi) is 7.16. The van der Waals surface area contributed by atoms with Gasteiger partial charge in [0.15, 0.2) is 0 Å². The highest BCUT2D eigenvalue weighted by Gasteiger charge is 2.31. The molecule has 1 amide bonds. The predicted octanol–water partition coefficient (Wildman–Crippen LogP) is 3.78. The average Bonchev–Trinajstić information content (AvgIpc) is 2.83. The monoisotopic (exact) mass is 498 g/mol. The maximum Gasteiger partial charge on any atom is 0.304 e. The van der Waals surface area contributed by atoms with Crippen LogP contribution in [-0.4, -0.2) is 63.3 Å². The van der Waals surface area contributed by atoms with Crippen molar-refractivity contribution in [2.24, 2.45) is 0 Å². The van der Waals surface area contributed by atoms with Crippen molar-refractivity contribution in [1.82, 2.24) is 9.21 Å². The second kappa shape index (κ2) is 9.82. The lowest BCUT2D eigenvalue weighted by molar-refractivity contribution is -0.129. The molecule has 2 aromatic carbocycles. The lowest BCUT2D eigenvalue weighted by Crippen LogP contribution is -2.48. The van der Waals surface area contributed by atoms with E-state index in [1.807, 2.05) is 29.2 Å². The van der Waals surface area contributed by atoms with E-state index in [9.17, 15) is 13.2 Å². The first-order chi connectivity index (χ1) is 16.5. The highest BCUT2D eigenvalue weighted by Crippen LogP contribution is 2.34. The van der Waals surface area contributed by atoms with Crippen LogP contribution in [0.4, 0.5) is 11.4 Å². The van der Waals surface area contributed by atoms with Gasteiger partial charge in [-0.15, -0.1) is 0 Å². The molecule has 4 rings (SSSR count). The summed E-state index contributed by atoms with van der Waals surface area (Å²) in [4.78, 5) is 15.8. The fourth-order valence-electron chi connectivity index (χ4n) is 4.88. The molecule has 2 aliphatic heterocycles. The topological polar surface area (TPSA) is 64.2 Å². The van der Waals surface area contributed by atoms with Gasteiger partial charge in [0.2, 0.25) is 5.91 Å². The van der Waals surface area contributed by atoms with Crippen LogP contribution in [-0.2, 0) is 33.4 Å². The summed E-state index contributed by atoms with van der Waals surface area (Å²) in [6, 6.07) is 14.3. The number of hydrogen-bond donors (Lipinski definition) is 0. The molecule has 0 unspecified atom stereocenters. The van der Waals surface area contributed by atoms with Crippen molar-refractivity contribution >= 4 is 27.5 Å². The van der Waals surface area contributed by atoms with E-state index in [-0.39, 0.29) is 11.3 Å². The molecule has 1 saturated heterocycles. The van der Waals surface area contributed by atoms with Gasteiger partial charge < -0.3 is 9.80 Å². The first kappa shape index (κ1) is 25.5. The highest BCUT2D eigenvalue weighted by atomic mass is 32.2. The van der Waals surface area contributed by atoms with Crippen molar-refractivity contribution in [2.75, 3.05) is 49.0 Å². The Labute approximate surface area is 210 Å². The largest absolute Gasteiger partial charge is 0.368 e. The van der Waals surface area contributed by atoms with Crippen molar-refractivity contribution in [3.63, 3.8) is 0 Å². The fraction of sp³-hybridized carbons (Fsp3) is 0.519. The maximum absolute atomic E-state index is 13.6. The molecule has 190 valence electrons. The van der Waals surface area contributed by atoms with Gasteiger partial charge in [-0.05, 0) is 53.1 Å². The van der Waals surface area contributed by atoms with Crippen LogP contribution in [0.3, 0.4) is 0 Å². The van der Waals surface area contributed by atoms with Crippen molar-refractivity contribution in [2.45, 2.75) is 52.5 Å². The minimum atomic E-state index is -3.66. The molecular weight excluding hydrogens is 460 g/mol. The number of amides is 1. The van der Waals surface area contributed by atoms with Crippen LogP contribution in [0, 0.1) is 0 Å². The number of rotatable bonds is 5. The maximum atomic E-state index is 13.6. The van der Waals surface area contributed by atoms with Gasteiger partial charge in [-0.1, -0.05) is 45.0 Å². The molecular formula is C27H38N4O3S. The SMILES string of the molecule is CC(=O)N1CCN(c2ccc3c(c2)CCCN3S(=O)(=O)N(C)Cc2ccc(C(C)(C)C)cc2)CC1. The van der Waals surface area contributed by atoms with Gasteiger partial charge in [-0.25, -0.2) is 0 Å². The number of aryl methyl sites for hydroxylation is 1. The van der Waals surface area contributed by atoms with Gasteiger partial charge in [0.05, 0.1) is 5.69 Å². The van der Waals surface area contributed by atoms with Crippen LogP contribution in [0.5, 0.6) is 0 Å². The highest BCUT2D eigenvalue weighted by molar-refractivity contribution is 7.90. The summed E-state index contributed by atoms with van der Waals surface area (Å²) in [5, 5.41) is 0. The molecule has 2 aromatic rings. The zero-order valence-corrected chi connectivity index (χ0v) is 22.4. The van der Waals surface area contributed by atoms with E-state index in [1.54, 1.807) is 18.3 Å². The third-order valence-corrected chi connectivity index (χ3v) is 8.98. The molecule has 2 heterocycles. The van der Waals surface area contributed by atoms with Gasteiger partial charge >= 0.3 is 10.2 Å². The molecule has 0 aromatic heterocycles. The number of anilines is 2. The third-order valence-electron chi connectivity index (χ3n) is 7.13. The van der Waals surface area contributed by atoms with Crippen molar-refractivity contribution in [3.8, 4) is 0 Å². The van der Waals surface area contributed by atoms with Gasteiger partial charge in [0.1, 0.15) is 0 Å². The first-order valence-corrected chi connectivity index (χ1v) is 13.8. The summed E-state index contributed by atoms with van der Waals surface area (Å²) < 4.78 is 30.1. The molecule has 0 spiro atoms. The zero-order chi connectivity index (χ0) is 25.4. The molecule has 2 aliphatic rings. The second-order valence-corrected chi connectivity index (χ2v) is 12.7. The predicted molar refractivity (Wildman–Crippen MR) is 142 cm³/mol. The molecule has 0 saturated carbocycles. The first-order valence-electron chi connectivity index (χ1n) is 12.4. The lowest BCUT2D eigenvalue weighted by atomic mass is 9.87. The Hall–Kier alpha value is -2.58. The molecule has 0 aliphatic carbocycles. The minimum absolute atomic E-state index is 0.0634. The van der Waals surface area contributed by atoms with E-state index in [1.165, 1.54) is 9.87 Å². The van der Waals surface area contributed by atoms with Crippen LogP contribution < -0.4 is 9.21 Å². The quantitative estimate of drug-likeness (QED) is 0.629. The number of carbonyl (C=O) groups excluding carboxylic acids is 1. The van der Waals surface area contributed by atoms with Crippen LogP contribution in [0.2, 0.25) is 0 Å². The Balaban J connectivity index is 1.49. The van der Waals surface area contributed by atoms with E-state index < -0.39 is 10.2 Å². The summed E-state index contributed by atoms with van der Waals surface area (Å²) in [5.74, 6) is 0.116. The Bertz CT molecular complexity index is 1160. The molecule has 0 radical (unpaired) electrons. The van der Waals surface area contributed by atoms with Crippen molar-refractivity contribution in [3.05, 3.63) is 59.2 Å². The van der Waals surface area contributed by atoms with Gasteiger partial charge in [0, 0.05) is 58.9 Å². The second-order valence-electron chi connectivity index (χ2n) is 10.7. The summed E-state index contributed by atoms with van der Waals surface area (Å²) in [7, 11) is -2.00. The van der Waals surface area contributed by atoms with Crippen LogP contribution in [0.1, 0.15) is 50.8 Å². The van der Waals surface area contributed by atoms with E-state index in [0.717, 1.165) is 48.4 Å². The third kappa shape index (κ3) is 5.48. The lowest BCUT2D eigenvalue weighted by Gasteiger charge is -2.37. The van der Waals surface area contributed by atoms with Crippen molar-refractivity contribution < 1.29 is 13.2 Å². The number of carbonyl (C=O) groups is 1. The van der Waals surface area contributed by atoms with E-state index in [2.05, 4.69) is 43.9 Å². The number of fused-ring (bicyclic) bond motifs is 1. The summed E-state index contributed by atoms with van der Waals surface area (Å²) >= 11 is 0. The molecule has 0 atom stereocenters. The van der Waals surface area contributed by atoms with Gasteiger partial charge in [-0.3, -0.25) is 9.10 Å². The zero-order valence-electron chi connectivity index (χ0n) is 21.6. The van der Waals surface area contributed by atoms with E-state index >= 15 is 0 Å². The average molecular weight is 499 g/mol. The standard InChI is InChI=1S/C27H38N4O3S/c1-21(32)29-15-17-30(18-16-29)25-12-13-26-23(19-25)7-6-14-31(26)35(33,34)28(5)20-22-8-10-24(11-9-22)27(2,3)4/h8-13,19H,6-7,14-18,20H2,1-5H3. The van der Waals surface area contributed by atoms with Crippen LogP contribution in [0.25, 0.3) is 0 Å². The molecule has 8 heteroatoms. The number of piperazine rings is 1. The summed E-state index contributed by atoms with van der Waals surface area (Å²) in [6.45, 7) is 12.0. The Morgan fingerprint density at radius 3 is 2.23 bits per heavy atom. The normalized spacial score (nSPS) is 17.0. The van der Waals surface area contributed by atoms with Crippen LogP contribution >= 0.6 is 0 Å². The smallest absolute Gasteiger partial charge is 0.304 e. The molecule has 1 fully saturated rings. The van der Waals surface area contributed by atoms with E-state index in [0.29, 0.717) is 26.2 Å². The molecule has 7 nitrogen and oxygen atoms in total. The Morgan fingerprint density at radius 2 is 1.63 bits per heavy atom. The molecule has 35 heavy (non-hydrogen) atoms.